The molecule has 1 heterocycles. The molecule has 3 rings (SSSR count). The number of ether oxygens (including phenoxy) is 2. The summed E-state index contributed by atoms with van der Waals surface area (Å²) in [7, 11) is 0. The maximum atomic E-state index is 12.8. The van der Waals surface area contributed by atoms with Crippen LogP contribution in [0.2, 0.25) is 5.02 Å². The third-order valence-corrected chi connectivity index (χ3v) is 5.90. The first-order valence-electron chi connectivity index (χ1n) is 9.85. The summed E-state index contributed by atoms with van der Waals surface area (Å²) in [4.78, 5) is 26.8. The lowest BCUT2D eigenvalue weighted by Crippen LogP contribution is -2.27. The first kappa shape index (κ1) is 22.2. The highest BCUT2D eigenvalue weighted by atomic mass is 35.5. The fraction of sp³-hybridized carbons (Fsp3) is 0.304. The van der Waals surface area contributed by atoms with Crippen LogP contribution in [-0.2, 0) is 11.3 Å². The van der Waals surface area contributed by atoms with E-state index in [0.29, 0.717) is 28.0 Å². The van der Waals surface area contributed by atoms with E-state index < -0.39 is 0 Å². The van der Waals surface area contributed by atoms with Gasteiger partial charge in [0.25, 0.3) is 11.1 Å². The van der Waals surface area contributed by atoms with Crippen LogP contribution in [0, 0.1) is 0 Å². The fourth-order valence-electron chi connectivity index (χ4n) is 2.86. The van der Waals surface area contributed by atoms with E-state index in [4.69, 9.17) is 21.1 Å². The summed E-state index contributed by atoms with van der Waals surface area (Å²) in [5.74, 6) is 0.944. The van der Waals surface area contributed by atoms with Gasteiger partial charge in [-0.1, -0.05) is 42.8 Å². The molecule has 1 aliphatic rings. The van der Waals surface area contributed by atoms with Crippen LogP contribution in [-0.4, -0.2) is 28.8 Å². The molecule has 0 N–H and O–H groups in total. The van der Waals surface area contributed by atoms with E-state index in [2.05, 4.69) is 6.92 Å². The number of carbonyl (C=O) groups is 2. The van der Waals surface area contributed by atoms with Crippen molar-refractivity contribution in [2.75, 3.05) is 6.61 Å². The Balaban J connectivity index is 1.82. The zero-order valence-electron chi connectivity index (χ0n) is 17.2. The fourth-order valence-corrected chi connectivity index (χ4v) is 3.90. The van der Waals surface area contributed by atoms with Gasteiger partial charge in [-0.25, -0.2) is 0 Å². The van der Waals surface area contributed by atoms with Crippen LogP contribution in [0.5, 0.6) is 11.5 Å². The molecular formula is C23H24ClNO4S. The maximum absolute atomic E-state index is 12.8. The second kappa shape index (κ2) is 10.0. The molecule has 0 radical (unpaired) electrons. The van der Waals surface area contributed by atoms with Crippen LogP contribution >= 0.6 is 23.4 Å². The van der Waals surface area contributed by atoms with Crippen LogP contribution in [0.3, 0.4) is 0 Å². The molecule has 0 bridgehead atoms. The minimum Gasteiger partial charge on any atom is -0.490 e. The van der Waals surface area contributed by atoms with Crippen molar-refractivity contribution in [3.05, 3.63) is 63.5 Å². The number of hydrogen-bond donors (Lipinski definition) is 0. The second-order valence-corrected chi connectivity index (χ2v) is 8.24. The van der Waals surface area contributed by atoms with Gasteiger partial charge in [-0.05, 0) is 67.4 Å². The number of thioether (sulfide) groups is 1. The van der Waals surface area contributed by atoms with E-state index in [1.807, 2.05) is 44.2 Å². The van der Waals surface area contributed by atoms with Gasteiger partial charge in [0.2, 0.25) is 0 Å². The number of halogens is 1. The Hall–Kier alpha value is -2.44. The predicted octanol–water partition coefficient (Wildman–Crippen LogP) is 6.15. The molecule has 0 aromatic heterocycles. The molecule has 2 aromatic carbocycles. The van der Waals surface area contributed by atoms with Gasteiger partial charge in [0.15, 0.2) is 11.5 Å². The summed E-state index contributed by atoms with van der Waals surface area (Å²) in [5, 5.41) is 0.215. The second-order valence-electron chi connectivity index (χ2n) is 6.84. The molecule has 7 heteroatoms. The minimum absolute atomic E-state index is 0.0661. The van der Waals surface area contributed by atoms with E-state index in [1.54, 1.807) is 18.2 Å². The summed E-state index contributed by atoms with van der Waals surface area (Å²) >= 11 is 7.10. The van der Waals surface area contributed by atoms with Crippen molar-refractivity contribution in [2.45, 2.75) is 39.8 Å². The highest BCUT2D eigenvalue weighted by Gasteiger charge is 2.35. The van der Waals surface area contributed by atoms with Crippen molar-refractivity contribution >= 4 is 40.6 Å². The Bertz CT molecular complexity index is 975. The van der Waals surface area contributed by atoms with Gasteiger partial charge < -0.3 is 9.47 Å². The number of benzene rings is 2. The number of nitrogens with zero attached hydrogens (tertiary/aromatic N) is 1. The summed E-state index contributed by atoms with van der Waals surface area (Å²) in [6, 6.07) is 12.7. The molecule has 0 aliphatic carbocycles. The average molecular weight is 446 g/mol. The Morgan fingerprint density at radius 2 is 1.90 bits per heavy atom. The van der Waals surface area contributed by atoms with E-state index >= 15 is 0 Å². The Labute approximate surface area is 186 Å². The standard InChI is InChI=1S/C23H24ClNO4S/c1-4-15(3)29-19-11-10-16(12-20(19)28-5-2)13-21-22(26)25(23(27)30-21)14-17-8-6-7-9-18(17)24/h6-13,15H,4-5,14H2,1-3H3/b21-13-. The topological polar surface area (TPSA) is 55.8 Å². The first-order valence-corrected chi connectivity index (χ1v) is 11.0. The molecule has 1 saturated heterocycles. The monoisotopic (exact) mass is 445 g/mol. The smallest absolute Gasteiger partial charge is 0.293 e. The molecule has 158 valence electrons. The molecule has 0 spiro atoms. The summed E-state index contributed by atoms with van der Waals surface area (Å²) in [5.41, 5.74) is 1.49. The van der Waals surface area contributed by atoms with Crippen molar-refractivity contribution in [3.63, 3.8) is 0 Å². The van der Waals surface area contributed by atoms with Crippen molar-refractivity contribution in [1.82, 2.24) is 4.90 Å². The highest BCUT2D eigenvalue weighted by molar-refractivity contribution is 8.18. The van der Waals surface area contributed by atoms with Crippen LogP contribution in [0.1, 0.15) is 38.3 Å². The lowest BCUT2D eigenvalue weighted by Gasteiger charge is -2.16. The third kappa shape index (κ3) is 5.18. The molecule has 2 aromatic rings. The molecule has 30 heavy (non-hydrogen) atoms. The molecule has 2 amide bonds. The van der Waals surface area contributed by atoms with Gasteiger partial charge in [-0.3, -0.25) is 14.5 Å². The average Bonchev–Trinajstić information content (AvgIpc) is 2.99. The Morgan fingerprint density at radius 1 is 1.13 bits per heavy atom. The Morgan fingerprint density at radius 3 is 2.60 bits per heavy atom. The summed E-state index contributed by atoms with van der Waals surface area (Å²) in [6.07, 6.45) is 2.65. The molecule has 1 unspecified atom stereocenters. The van der Waals surface area contributed by atoms with E-state index in [-0.39, 0.29) is 23.8 Å². The van der Waals surface area contributed by atoms with Gasteiger partial charge >= 0.3 is 0 Å². The van der Waals surface area contributed by atoms with Crippen molar-refractivity contribution in [3.8, 4) is 11.5 Å². The van der Waals surface area contributed by atoms with Crippen molar-refractivity contribution in [2.24, 2.45) is 0 Å². The minimum atomic E-state index is -0.331. The van der Waals surface area contributed by atoms with Crippen LogP contribution < -0.4 is 9.47 Å². The van der Waals surface area contributed by atoms with E-state index in [0.717, 1.165) is 29.3 Å². The van der Waals surface area contributed by atoms with Gasteiger partial charge in [-0.15, -0.1) is 0 Å². The number of imide groups is 1. The molecule has 0 saturated carbocycles. The molecule has 1 fully saturated rings. The number of hydrogen-bond acceptors (Lipinski definition) is 5. The first-order chi connectivity index (χ1) is 14.4. The van der Waals surface area contributed by atoms with Gasteiger partial charge in [0, 0.05) is 5.02 Å². The lowest BCUT2D eigenvalue weighted by molar-refractivity contribution is -0.123. The molecule has 1 aliphatic heterocycles. The van der Waals surface area contributed by atoms with Crippen molar-refractivity contribution < 1.29 is 19.1 Å². The van der Waals surface area contributed by atoms with Gasteiger partial charge in [0.1, 0.15) is 0 Å². The maximum Gasteiger partial charge on any atom is 0.293 e. The zero-order valence-corrected chi connectivity index (χ0v) is 18.8. The van der Waals surface area contributed by atoms with Crippen molar-refractivity contribution in [1.29, 1.82) is 0 Å². The quantitative estimate of drug-likeness (QED) is 0.456. The van der Waals surface area contributed by atoms with Crippen LogP contribution in [0.15, 0.2) is 47.4 Å². The number of rotatable bonds is 8. The summed E-state index contributed by atoms with van der Waals surface area (Å²) in [6.45, 7) is 6.60. The largest absolute Gasteiger partial charge is 0.490 e. The Kier molecular flexibility index (Phi) is 7.45. The normalized spacial score (nSPS) is 16.3. The lowest BCUT2D eigenvalue weighted by atomic mass is 10.1. The zero-order chi connectivity index (χ0) is 21.7. The number of amides is 2. The molecule has 1 atom stereocenters. The van der Waals surface area contributed by atoms with E-state index in [9.17, 15) is 9.59 Å². The molecule has 5 nitrogen and oxygen atoms in total. The molecular weight excluding hydrogens is 422 g/mol. The van der Waals surface area contributed by atoms with Gasteiger partial charge in [-0.2, -0.15) is 0 Å². The third-order valence-electron chi connectivity index (χ3n) is 4.63. The highest BCUT2D eigenvalue weighted by Crippen LogP contribution is 2.36. The summed E-state index contributed by atoms with van der Waals surface area (Å²) < 4.78 is 11.6. The van der Waals surface area contributed by atoms with Crippen LogP contribution in [0.25, 0.3) is 6.08 Å². The number of carbonyl (C=O) groups excluding carboxylic acids is 2. The van der Waals surface area contributed by atoms with Gasteiger partial charge in [0.05, 0.1) is 24.2 Å². The SMILES string of the molecule is CCOc1cc(/C=C2\SC(=O)N(Cc3ccccc3Cl)C2=O)ccc1OC(C)CC. The predicted molar refractivity (Wildman–Crippen MR) is 121 cm³/mol. The van der Waals surface area contributed by atoms with E-state index in [1.165, 1.54) is 4.90 Å². The van der Waals surface area contributed by atoms with Crippen LogP contribution in [0.4, 0.5) is 4.79 Å².